The van der Waals surface area contributed by atoms with Crippen molar-refractivity contribution < 1.29 is 34.8 Å². The van der Waals surface area contributed by atoms with Crippen LogP contribution in [0.4, 0.5) is 0 Å². The minimum absolute atomic E-state index is 0.130. The van der Waals surface area contributed by atoms with Crippen LogP contribution >= 0.6 is 0 Å². The van der Waals surface area contributed by atoms with Crippen LogP contribution in [-0.2, 0) is 14.3 Å². The molecular weight excluding hydrogens is 328 g/mol. The van der Waals surface area contributed by atoms with Crippen molar-refractivity contribution >= 4 is 12.3 Å². The SMILES string of the molecule is CCCCCCCCCCCC(=O)O[C@@H](C=O)[C@@H](O)[C@H](O)[C@H](O)CO. The Morgan fingerprint density at radius 1 is 0.920 bits per heavy atom. The lowest BCUT2D eigenvalue weighted by Crippen LogP contribution is -2.48. The molecule has 4 N–H and O–H groups in total. The molecular formula is C18H34O7. The highest BCUT2D eigenvalue weighted by Crippen LogP contribution is 2.12. The first-order chi connectivity index (χ1) is 12.0. The van der Waals surface area contributed by atoms with Gasteiger partial charge in [-0.1, -0.05) is 58.3 Å². The molecule has 0 aromatic heterocycles. The average Bonchev–Trinajstić information content (AvgIpc) is 2.62. The molecule has 0 amide bonds. The molecule has 0 spiro atoms. The summed E-state index contributed by atoms with van der Waals surface area (Å²) >= 11 is 0. The van der Waals surface area contributed by atoms with E-state index in [-0.39, 0.29) is 12.7 Å². The highest BCUT2D eigenvalue weighted by molar-refractivity contribution is 5.72. The zero-order chi connectivity index (χ0) is 19.1. The second-order valence-corrected chi connectivity index (χ2v) is 6.40. The zero-order valence-corrected chi connectivity index (χ0v) is 15.2. The molecule has 0 unspecified atom stereocenters. The summed E-state index contributed by atoms with van der Waals surface area (Å²) < 4.78 is 4.84. The van der Waals surface area contributed by atoms with Crippen molar-refractivity contribution in [2.24, 2.45) is 0 Å². The lowest BCUT2D eigenvalue weighted by atomic mass is 10.0. The smallest absolute Gasteiger partial charge is 0.306 e. The maximum Gasteiger partial charge on any atom is 0.306 e. The summed E-state index contributed by atoms with van der Waals surface area (Å²) in [4.78, 5) is 22.6. The van der Waals surface area contributed by atoms with Crippen LogP contribution < -0.4 is 0 Å². The van der Waals surface area contributed by atoms with Crippen LogP contribution in [0.3, 0.4) is 0 Å². The third-order valence-corrected chi connectivity index (χ3v) is 4.15. The predicted octanol–water partition coefficient (Wildman–Crippen LogP) is 1.09. The maximum atomic E-state index is 11.7. The van der Waals surface area contributed by atoms with Gasteiger partial charge in [-0.3, -0.25) is 9.59 Å². The summed E-state index contributed by atoms with van der Waals surface area (Å²) in [6.07, 6.45) is 3.52. The molecule has 0 radical (unpaired) electrons. The van der Waals surface area contributed by atoms with Crippen molar-refractivity contribution in [2.45, 2.75) is 95.5 Å². The number of hydrogen-bond acceptors (Lipinski definition) is 7. The van der Waals surface area contributed by atoms with Crippen LogP contribution in [0.15, 0.2) is 0 Å². The summed E-state index contributed by atoms with van der Waals surface area (Å²) in [6, 6.07) is 0. The van der Waals surface area contributed by atoms with Crippen molar-refractivity contribution in [3.05, 3.63) is 0 Å². The first-order valence-corrected chi connectivity index (χ1v) is 9.27. The Hall–Kier alpha value is -1.02. The zero-order valence-electron chi connectivity index (χ0n) is 15.2. The Bertz CT molecular complexity index is 348. The van der Waals surface area contributed by atoms with Gasteiger partial charge in [-0.2, -0.15) is 0 Å². The minimum Gasteiger partial charge on any atom is -0.452 e. The molecule has 7 nitrogen and oxygen atoms in total. The number of carbonyl (C=O) groups excluding carboxylic acids is 2. The fraction of sp³-hybridized carbons (Fsp3) is 0.889. The maximum absolute atomic E-state index is 11.7. The Morgan fingerprint density at radius 3 is 1.92 bits per heavy atom. The molecule has 0 heterocycles. The van der Waals surface area contributed by atoms with Gasteiger partial charge in [0.05, 0.1) is 6.61 Å². The quantitative estimate of drug-likeness (QED) is 0.184. The highest BCUT2D eigenvalue weighted by atomic mass is 16.6. The Kier molecular flexibility index (Phi) is 14.6. The van der Waals surface area contributed by atoms with E-state index < -0.39 is 37.0 Å². The number of aldehydes is 1. The first-order valence-electron chi connectivity index (χ1n) is 9.27. The van der Waals surface area contributed by atoms with E-state index in [0.29, 0.717) is 6.42 Å². The normalized spacial score (nSPS) is 16.0. The molecule has 0 saturated carbocycles. The molecule has 0 bridgehead atoms. The van der Waals surface area contributed by atoms with Gasteiger partial charge in [0, 0.05) is 6.42 Å². The number of esters is 1. The summed E-state index contributed by atoms with van der Waals surface area (Å²) in [6.45, 7) is 1.40. The lowest BCUT2D eigenvalue weighted by molar-refractivity contribution is -0.168. The predicted molar refractivity (Wildman–Crippen MR) is 92.9 cm³/mol. The monoisotopic (exact) mass is 362 g/mol. The second-order valence-electron chi connectivity index (χ2n) is 6.40. The van der Waals surface area contributed by atoms with Crippen molar-refractivity contribution in [1.29, 1.82) is 0 Å². The molecule has 25 heavy (non-hydrogen) atoms. The number of ether oxygens (including phenoxy) is 1. The van der Waals surface area contributed by atoms with Crippen molar-refractivity contribution in [3.8, 4) is 0 Å². The van der Waals surface area contributed by atoms with Crippen LogP contribution in [0.1, 0.15) is 71.1 Å². The summed E-state index contributed by atoms with van der Waals surface area (Å²) in [5.74, 6) is -0.634. The summed E-state index contributed by atoms with van der Waals surface area (Å²) in [5, 5.41) is 37.2. The first kappa shape index (κ1) is 24.0. The van der Waals surface area contributed by atoms with Gasteiger partial charge in [0.25, 0.3) is 0 Å². The molecule has 148 valence electrons. The van der Waals surface area contributed by atoms with Crippen LogP contribution in [-0.4, -0.2) is 63.7 Å². The van der Waals surface area contributed by atoms with Gasteiger partial charge >= 0.3 is 5.97 Å². The average molecular weight is 362 g/mol. The molecule has 7 heteroatoms. The third-order valence-electron chi connectivity index (χ3n) is 4.15. The number of hydrogen-bond donors (Lipinski definition) is 4. The van der Waals surface area contributed by atoms with E-state index in [2.05, 4.69) is 6.92 Å². The van der Waals surface area contributed by atoms with Crippen LogP contribution in [0.5, 0.6) is 0 Å². The van der Waals surface area contributed by atoms with Crippen molar-refractivity contribution in [3.63, 3.8) is 0 Å². The lowest BCUT2D eigenvalue weighted by Gasteiger charge is -2.25. The molecule has 4 atom stereocenters. The largest absolute Gasteiger partial charge is 0.452 e. The van der Waals surface area contributed by atoms with Gasteiger partial charge in [0.1, 0.15) is 18.3 Å². The Labute approximate surface area is 150 Å². The molecule has 0 aliphatic heterocycles. The van der Waals surface area contributed by atoms with Gasteiger partial charge in [-0.05, 0) is 6.42 Å². The van der Waals surface area contributed by atoms with Crippen LogP contribution in [0.2, 0.25) is 0 Å². The van der Waals surface area contributed by atoms with E-state index in [1.165, 1.54) is 32.1 Å². The molecule has 0 aromatic rings. The topological polar surface area (TPSA) is 124 Å². The molecule has 0 aliphatic rings. The Morgan fingerprint density at radius 2 is 1.44 bits per heavy atom. The number of unbranched alkanes of at least 4 members (excludes halogenated alkanes) is 8. The van der Waals surface area contributed by atoms with Gasteiger partial charge < -0.3 is 25.2 Å². The summed E-state index contributed by atoms with van der Waals surface area (Å²) in [7, 11) is 0. The van der Waals surface area contributed by atoms with Gasteiger partial charge in [0.2, 0.25) is 0 Å². The molecule has 0 aromatic carbocycles. The molecule has 0 rings (SSSR count). The summed E-state index contributed by atoms with van der Waals surface area (Å²) in [5.41, 5.74) is 0. The van der Waals surface area contributed by atoms with E-state index in [4.69, 9.17) is 9.84 Å². The van der Waals surface area contributed by atoms with E-state index in [1.807, 2.05) is 0 Å². The highest BCUT2D eigenvalue weighted by Gasteiger charge is 2.33. The number of aliphatic hydroxyl groups is 4. The van der Waals surface area contributed by atoms with Crippen molar-refractivity contribution in [2.75, 3.05) is 6.61 Å². The minimum atomic E-state index is -1.79. The standard InChI is InChI=1S/C18H34O7/c1-2-3-4-5-6-7-8-9-10-11-16(22)25-15(13-20)18(24)17(23)14(21)12-19/h13-15,17-19,21,23-24H,2-12H2,1H3/t14-,15+,17-,18-/m1/s1. The van der Waals surface area contributed by atoms with Crippen LogP contribution in [0.25, 0.3) is 0 Å². The molecule has 0 saturated heterocycles. The fourth-order valence-corrected chi connectivity index (χ4v) is 2.50. The van der Waals surface area contributed by atoms with E-state index in [9.17, 15) is 24.9 Å². The second kappa shape index (κ2) is 15.3. The van der Waals surface area contributed by atoms with E-state index >= 15 is 0 Å². The fourth-order valence-electron chi connectivity index (χ4n) is 2.50. The molecule has 0 aliphatic carbocycles. The van der Waals surface area contributed by atoms with E-state index in [0.717, 1.165) is 19.3 Å². The van der Waals surface area contributed by atoms with Crippen LogP contribution in [0, 0.1) is 0 Å². The van der Waals surface area contributed by atoms with Gasteiger partial charge in [-0.15, -0.1) is 0 Å². The van der Waals surface area contributed by atoms with Gasteiger partial charge in [0.15, 0.2) is 12.4 Å². The number of aliphatic hydroxyl groups excluding tert-OH is 4. The number of rotatable bonds is 16. The third kappa shape index (κ3) is 11.3. The van der Waals surface area contributed by atoms with E-state index in [1.54, 1.807) is 0 Å². The number of carbonyl (C=O) groups is 2. The Balaban J connectivity index is 3.89. The molecule has 0 fully saturated rings. The van der Waals surface area contributed by atoms with Crippen molar-refractivity contribution in [1.82, 2.24) is 0 Å². The van der Waals surface area contributed by atoms with Gasteiger partial charge in [-0.25, -0.2) is 0 Å².